The Bertz CT molecular complexity index is 594. The van der Waals surface area contributed by atoms with Crippen LogP contribution < -0.4 is 15.2 Å². The summed E-state index contributed by atoms with van der Waals surface area (Å²) in [6, 6.07) is 3.47. The molecular weight excluding hydrogens is 276 g/mol. The molecule has 0 aromatic carbocycles. The second-order valence-corrected chi connectivity index (χ2v) is 4.09. The second kappa shape index (κ2) is 7.55. The number of rotatable bonds is 8. The minimum atomic E-state index is 0.129. The molecule has 0 bridgehead atoms. The summed E-state index contributed by atoms with van der Waals surface area (Å²) in [5, 5.41) is 0. The molecule has 0 aliphatic rings. The number of nitrogens with zero attached hydrogens (tertiary/aromatic N) is 3. The number of ether oxygens (including phenoxy) is 4. The first-order chi connectivity index (χ1) is 10.2. The Balaban J connectivity index is 2.24. The molecule has 0 atom stereocenters. The smallest absolute Gasteiger partial charge is 0.245 e. The van der Waals surface area contributed by atoms with Crippen LogP contribution in [0.25, 0.3) is 11.0 Å². The van der Waals surface area contributed by atoms with Gasteiger partial charge in [0.05, 0.1) is 18.7 Å². The Morgan fingerprint density at radius 1 is 0.905 bits per heavy atom. The van der Waals surface area contributed by atoms with Crippen LogP contribution in [0.15, 0.2) is 12.1 Å². The predicted octanol–water partition coefficient (Wildman–Crippen LogP) is 0.657. The highest BCUT2D eigenvalue weighted by Gasteiger charge is 2.10. The molecule has 0 saturated carbocycles. The highest BCUT2D eigenvalue weighted by molar-refractivity contribution is 5.80. The summed E-state index contributed by atoms with van der Waals surface area (Å²) in [6.45, 7) is 1.67. The van der Waals surface area contributed by atoms with E-state index in [0.717, 1.165) is 0 Å². The van der Waals surface area contributed by atoms with Crippen molar-refractivity contribution in [3.63, 3.8) is 0 Å². The van der Waals surface area contributed by atoms with Crippen LogP contribution in [0.3, 0.4) is 0 Å². The largest absolute Gasteiger partial charge is 0.475 e. The number of nitrogens with two attached hydrogens (primary N) is 1. The lowest BCUT2D eigenvalue weighted by atomic mass is 10.3. The SMILES string of the molecule is COCCOc1ccc2nc(N)nc(OCCOC)c2n1. The van der Waals surface area contributed by atoms with E-state index >= 15 is 0 Å². The second-order valence-electron chi connectivity index (χ2n) is 4.09. The van der Waals surface area contributed by atoms with Crippen molar-refractivity contribution in [3.05, 3.63) is 12.1 Å². The van der Waals surface area contributed by atoms with E-state index in [9.17, 15) is 0 Å². The summed E-state index contributed by atoms with van der Waals surface area (Å²) in [7, 11) is 3.20. The molecule has 0 amide bonds. The molecule has 114 valence electrons. The van der Waals surface area contributed by atoms with Gasteiger partial charge in [0.15, 0.2) is 5.52 Å². The van der Waals surface area contributed by atoms with Gasteiger partial charge in [0, 0.05) is 20.3 Å². The van der Waals surface area contributed by atoms with Gasteiger partial charge >= 0.3 is 0 Å². The minimum absolute atomic E-state index is 0.129. The zero-order chi connectivity index (χ0) is 15.1. The predicted molar refractivity (Wildman–Crippen MR) is 76.5 cm³/mol. The monoisotopic (exact) mass is 294 g/mol. The van der Waals surface area contributed by atoms with Gasteiger partial charge in [-0.15, -0.1) is 0 Å². The number of pyridine rings is 1. The number of fused-ring (bicyclic) bond motifs is 1. The molecule has 2 aromatic rings. The molecule has 2 heterocycles. The van der Waals surface area contributed by atoms with Crippen molar-refractivity contribution in [3.8, 4) is 11.8 Å². The number of hydrogen-bond donors (Lipinski definition) is 1. The van der Waals surface area contributed by atoms with Gasteiger partial charge in [-0.05, 0) is 6.07 Å². The van der Waals surface area contributed by atoms with Crippen LogP contribution >= 0.6 is 0 Å². The molecule has 21 heavy (non-hydrogen) atoms. The number of anilines is 1. The van der Waals surface area contributed by atoms with Crippen molar-refractivity contribution < 1.29 is 18.9 Å². The van der Waals surface area contributed by atoms with Gasteiger partial charge in [0.25, 0.3) is 0 Å². The van der Waals surface area contributed by atoms with Gasteiger partial charge in [-0.25, -0.2) is 9.97 Å². The van der Waals surface area contributed by atoms with Gasteiger partial charge in [-0.1, -0.05) is 0 Å². The maximum Gasteiger partial charge on any atom is 0.245 e. The van der Waals surface area contributed by atoms with Crippen molar-refractivity contribution in [2.24, 2.45) is 0 Å². The molecule has 2 rings (SSSR count). The summed E-state index contributed by atoms with van der Waals surface area (Å²) in [4.78, 5) is 12.5. The van der Waals surface area contributed by atoms with E-state index in [0.29, 0.717) is 49.2 Å². The van der Waals surface area contributed by atoms with E-state index in [1.807, 2.05) is 0 Å². The van der Waals surface area contributed by atoms with Gasteiger partial charge in [0.2, 0.25) is 17.7 Å². The minimum Gasteiger partial charge on any atom is -0.475 e. The summed E-state index contributed by atoms with van der Waals surface area (Å²) < 4.78 is 20.8. The lowest BCUT2D eigenvalue weighted by molar-refractivity contribution is 0.143. The molecule has 0 saturated heterocycles. The molecule has 8 heteroatoms. The summed E-state index contributed by atoms with van der Waals surface area (Å²) in [5.41, 5.74) is 6.74. The zero-order valence-electron chi connectivity index (χ0n) is 12.0. The Morgan fingerprint density at radius 3 is 2.33 bits per heavy atom. The number of hydrogen-bond acceptors (Lipinski definition) is 8. The molecule has 2 N–H and O–H groups in total. The third-order valence-electron chi connectivity index (χ3n) is 2.57. The standard InChI is InChI=1S/C13H18N4O4/c1-18-5-7-20-10-4-3-9-11(16-10)12(17-13(14)15-9)21-8-6-19-2/h3-4H,5-8H2,1-2H3,(H2,14,15,17). The Morgan fingerprint density at radius 2 is 1.62 bits per heavy atom. The Hall–Kier alpha value is -2.19. The Kier molecular flexibility index (Phi) is 5.47. The van der Waals surface area contributed by atoms with Crippen molar-refractivity contribution >= 4 is 17.0 Å². The molecule has 0 fully saturated rings. The van der Waals surface area contributed by atoms with Crippen LogP contribution in [0, 0.1) is 0 Å². The van der Waals surface area contributed by atoms with E-state index in [-0.39, 0.29) is 5.95 Å². The number of methoxy groups -OCH3 is 2. The van der Waals surface area contributed by atoms with Gasteiger partial charge in [-0.2, -0.15) is 4.98 Å². The topological polar surface area (TPSA) is 102 Å². The van der Waals surface area contributed by atoms with Crippen molar-refractivity contribution in [1.29, 1.82) is 0 Å². The maximum absolute atomic E-state index is 5.66. The first-order valence-corrected chi connectivity index (χ1v) is 6.42. The van der Waals surface area contributed by atoms with Crippen molar-refractivity contribution in [2.45, 2.75) is 0 Å². The third kappa shape index (κ3) is 4.14. The molecule has 0 unspecified atom stereocenters. The molecule has 0 aliphatic heterocycles. The van der Waals surface area contributed by atoms with Crippen LogP contribution in [0.5, 0.6) is 11.8 Å². The van der Waals surface area contributed by atoms with E-state index < -0.39 is 0 Å². The van der Waals surface area contributed by atoms with Crippen LogP contribution in [0.4, 0.5) is 5.95 Å². The lowest BCUT2D eigenvalue weighted by Gasteiger charge is -2.09. The molecule has 0 radical (unpaired) electrons. The fourth-order valence-corrected chi connectivity index (χ4v) is 1.62. The first-order valence-electron chi connectivity index (χ1n) is 6.42. The molecule has 0 aliphatic carbocycles. The highest BCUT2D eigenvalue weighted by Crippen LogP contribution is 2.23. The van der Waals surface area contributed by atoms with Crippen LogP contribution in [-0.2, 0) is 9.47 Å². The van der Waals surface area contributed by atoms with Crippen LogP contribution in [-0.4, -0.2) is 55.6 Å². The van der Waals surface area contributed by atoms with E-state index in [4.69, 9.17) is 24.7 Å². The fourth-order valence-electron chi connectivity index (χ4n) is 1.62. The van der Waals surface area contributed by atoms with E-state index in [1.165, 1.54) is 0 Å². The number of aromatic nitrogens is 3. The number of nitrogen functional groups attached to an aromatic ring is 1. The van der Waals surface area contributed by atoms with Gasteiger partial charge in [0.1, 0.15) is 13.2 Å². The highest BCUT2D eigenvalue weighted by atomic mass is 16.5. The van der Waals surface area contributed by atoms with E-state index in [2.05, 4.69) is 15.0 Å². The van der Waals surface area contributed by atoms with Crippen molar-refractivity contribution in [2.75, 3.05) is 46.4 Å². The van der Waals surface area contributed by atoms with Gasteiger partial charge in [-0.3, -0.25) is 0 Å². The molecule has 2 aromatic heterocycles. The van der Waals surface area contributed by atoms with Gasteiger partial charge < -0.3 is 24.7 Å². The third-order valence-corrected chi connectivity index (χ3v) is 2.57. The summed E-state index contributed by atoms with van der Waals surface area (Å²) in [5.74, 6) is 0.890. The maximum atomic E-state index is 5.66. The lowest BCUT2D eigenvalue weighted by Crippen LogP contribution is -2.09. The van der Waals surface area contributed by atoms with Crippen LogP contribution in [0.1, 0.15) is 0 Å². The fraction of sp³-hybridized carbons (Fsp3) is 0.462. The van der Waals surface area contributed by atoms with E-state index in [1.54, 1.807) is 26.4 Å². The molecule has 8 nitrogen and oxygen atoms in total. The first kappa shape index (κ1) is 15.2. The van der Waals surface area contributed by atoms with Crippen molar-refractivity contribution in [1.82, 2.24) is 15.0 Å². The molecular formula is C13H18N4O4. The summed E-state index contributed by atoms with van der Waals surface area (Å²) in [6.07, 6.45) is 0. The summed E-state index contributed by atoms with van der Waals surface area (Å²) >= 11 is 0. The quantitative estimate of drug-likeness (QED) is 0.708. The van der Waals surface area contributed by atoms with Crippen LogP contribution in [0.2, 0.25) is 0 Å². The Labute approximate surface area is 122 Å². The average molecular weight is 294 g/mol. The normalized spacial score (nSPS) is 10.8. The average Bonchev–Trinajstić information content (AvgIpc) is 2.48. The molecule has 0 spiro atoms. The zero-order valence-corrected chi connectivity index (χ0v) is 12.0.